The van der Waals surface area contributed by atoms with Crippen molar-refractivity contribution in [2.24, 2.45) is 14.1 Å². The van der Waals surface area contributed by atoms with Crippen molar-refractivity contribution in [2.75, 3.05) is 0 Å². The Morgan fingerprint density at radius 2 is 1.90 bits per heavy atom. The molecule has 0 spiro atoms. The minimum Gasteiger partial charge on any atom is -0.307 e. The number of aromatic nitrogens is 4. The van der Waals surface area contributed by atoms with Crippen LogP contribution < -0.4 is 5.32 Å². The van der Waals surface area contributed by atoms with Crippen LogP contribution >= 0.6 is 0 Å². The fourth-order valence-corrected chi connectivity index (χ4v) is 2.56. The van der Waals surface area contributed by atoms with Gasteiger partial charge in [0.05, 0.1) is 16.9 Å². The molecule has 0 saturated carbocycles. The normalized spacial score (nSPS) is 11.3. The summed E-state index contributed by atoms with van der Waals surface area (Å²) in [5, 5.41) is 13.6. The zero-order valence-electron chi connectivity index (χ0n) is 12.1. The Morgan fingerprint density at radius 3 is 2.65 bits per heavy atom. The number of benzene rings is 1. The Labute approximate surface area is 118 Å². The first kappa shape index (κ1) is 12.9. The van der Waals surface area contributed by atoms with E-state index < -0.39 is 0 Å². The van der Waals surface area contributed by atoms with Crippen LogP contribution in [0.25, 0.3) is 10.9 Å². The van der Waals surface area contributed by atoms with Crippen molar-refractivity contribution < 1.29 is 0 Å². The zero-order chi connectivity index (χ0) is 14.1. The maximum absolute atomic E-state index is 4.58. The molecule has 0 amide bonds. The Balaban J connectivity index is 1.73. The molecule has 1 aromatic carbocycles. The van der Waals surface area contributed by atoms with Gasteiger partial charge in [-0.15, -0.1) is 0 Å². The van der Waals surface area contributed by atoms with Gasteiger partial charge in [-0.1, -0.05) is 18.2 Å². The van der Waals surface area contributed by atoms with Crippen LogP contribution in [0.1, 0.15) is 17.0 Å². The molecule has 0 saturated heterocycles. The Morgan fingerprint density at radius 1 is 1.10 bits per heavy atom. The molecule has 0 aliphatic carbocycles. The van der Waals surface area contributed by atoms with Gasteiger partial charge in [-0.25, -0.2) is 0 Å². The molecule has 0 aliphatic rings. The number of para-hydroxylation sites is 1. The van der Waals surface area contributed by atoms with Gasteiger partial charge in [0, 0.05) is 44.3 Å². The van der Waals surface area contributed by atoms with Crippen LogP contribution in [0.5, 0.6) is 0 Å². The second-order valence-electron chi connectivity index (χ2n) is 5.10. The van der Waals surface area contributed by atoms with Gasteiger partial charge >= 0.3 is 0 Å². The van der Waals surface area contributed by atoms with Gasteiger partial charge in [0.1, 0.15) is 0 Å². The van der Waals surface area contributed by atoms with Gasteiger partial charge in [0.25, 0.3) is 0 Å². The second-order valence-corrected chi connectivity index (χ2v) is 5.10. The largest absolute Gasteiger partial charge is 0.307 e. The molecule has 104 valence electrons. The average Bonchev–Trinajstić information content (AvgIpc) is 2.91. The SMILES string of the molecule is Cc1nn(C)cc1CNCc1nn(C)c2ccccc12. The highest BCUT2D eigenvalue weighted by atomic mass is 15.3. The molecule has 1 N–H and O–H groups in total. The number of hydrogen-bond donors (Lipinski definition) is 1. The van der Waals surface area contributed by atoms with Crippen LogP contribution in [0.4, 0.5) is 0 Å². The van der Waals surface area contributed by atoms with Crippen molar-refractivity contribution in [1.82, 2.24) is 24.9 Å². The third kappa shape index (κ3) is 2.32. The van der Waals surface area contributed by atoms with E-state index in [2.05, 4.69) is 39.9 Å². The molecule has 0 unspecified atom stereocenters. The van der Waals surface area contributed by atoms with Gasteiger partial charge in [-0.3, -0.25) is 9.36 Å². The number of hydrogen-bond acceptors (Lipinski definition) is 3. The topological polar surface area (TPSA) is 47.7 Å². The molecule has 0 bridgehead atoms. The number of rotatable bonds is 4. The quantitative estimate of drug-likeness (QED) is 0.787. The van der Waals surface area contributed by atoms with Crippen LogP contribution in [0.3, 0.4) is 0 Å². The Hall–Kier alpha value is -2.14. The Bertz CT molecular complexity index is 738. The van der Waals surface area contributed by atoms with E-state index in [0.29, 0.717) is 0 Å². The molecule has 0 aliphatic heterocycles. The lowest BCUT2D eigenvalue weighted by Crippen LogP contribution is -2.13. The second kappa shape index (κ2) is 5.09. The lowest BCUT2D eigenvalue weighted by atomic mass is 10.2. The first-order chi connectivity index (χ1) is 9.65. The van der Waals surface area contributed by atoms with Crippen LogP contribution in [0.15, 0.2) is 30.5 Å². The highest BCUT2D eigenvalue weighted by Crippen LogP contribution is 2.17. The zero-order valence-corrected chi connectivity index (χ0v) is 12.1. The lowest BCUT2D eigenvalue weighted by molar-refractivity contribution is 0.659. The monoisotopic (exact) mass is 269 g/mol. The summed E-state index contributed by atoms with van der Waals surface area (Å²) in [4.78, 5) is 0. The van der Waals surface area contributed by atoms with E-state index >= 15 is 0 Å². The van der Waals surface area contributed by atoms with Crippen LogP contribution in [0, 0.1) is 6.92 Å². The Kier molecular flexibility index (Phi) is 3.28. The first-order valence-electron chi connectivity index (χ1n) is 6.75. The van der Waals surface area contributed by atoms with Gasteiger partial charge in [0.2, 0.25) is 0 Å². The van der Waals surface area contributed by atoms with Gasteiger partial charge < -0.3 is 5.32 Å². The molecule has 5 nitrogen and oxygen atoms in total. The number of nitrogens with one attached hydrogen (secondary N) is 1. The molecule has 0 fully saturated rings. The fraction of sp³-hybridized carbons (Fsp3) is 0.333. The fourth-order valence-electron chi connectivity index (χ4n) is 2.56. The van der Waals surface area contributed by atoms with Crippen molar-refractivity contribution in [2.45, 2.75) is 20.0 Å². The molecular formula is C15H19N5. The third-order valence-electron chi connectivity index (χ3n) is 3.56. The maximum Gasteiger partial charge on any atom is 0.0841 e. The first-order valence-corrected chi connectivity index (χ1v) is 6.75. The number of fused-ring (bicyclic) bond motifs is 1. The summed E-state index contributed by atoms with van der Waals surface area (Å²) < 4.78 is 3.78. The number of nitrogens with zero attached hydrogens (tertiary/aromatic N) is 4. The van der Waals surface area contributed by atoms with E-state index in [1.807, 2.05) is 36.4 Å². The summed E-state index contributed by atoms with van der Waals surface area (Å²) in [6, 6.07) is 8.31. The maximum atomic E-state index is 4.58. The highest BCUT2D eigenvalue weighted by molar-refractivity contribution is 5.81. The van der Waals surface area contributed by atoms with E-state index in [1.165, 1.54) is 16.5 Å². The van der Waals surface area contributed by atoms with Crippen LogP contribution in [-0.2, 0) is 27.2 Å². The molecule has 20 heavy (non-hydrogen) atoms. The van der Waals surface area contributed by atoms with Gasteiger partial charge in [0.15, 0.2) is 0 Å². The van der Waals surface area contributed by atoms with Crippen molar-refractivity contribution in [1.29, 1.82) is 0 Å². The minimum absolute atomic E-state index is 0.760. The van der Waals surface area contributed by atoms with Crippen molar-refractivity contribution in [3.8, 4) is 0 Å². The molecular weight excluding hydrogens is 250 g/mol. The number of aryl methyl sites for hydroxylation is 3. The summed E-state index contributed by atoms with van der Waals surface area (Å²) in [5.41, 5.74) is 4.56. The molecule has 5 heteroatoms. The predicted octanol–water partition coefficient (Wildman–Crippen LogP) is 1.91. The molecule has 3 rings (SSSR count). The highest BCUT2D eigenvalue weighted by Gasteiger charge is 2.08. The predicted molar refractivity (Wildman–Crippen MR) is 79.2 cm³/mol. The van der Waals surface area contributed by atoms with Crippen LogP contribution in [0.2, 0.25) is 0 Å². The molecule has 2 aromatic heterocycles. The summed E-state index contributed by atoms with van der Waals surface area (Å²) in [6.07, 6.45) is 2.05. The molecule has 2 heterocycles. The van der Waals surface area contributed by atoms with E-state index in [-0.39, 0.29) is 0 Å². The summed E-state index contributed by atoms with van der Waals surface area (Å²) in [7, 11) is 3.93. The smallest absolute Gasteiger partial charge is 0.0841 e. The standard InChI is InChI=1S/C15H19N5/c1-11-12(10-19(2)17-11)8-16-9-14-13-6-4-5-7-15(13)20(3)18-14/h4-7,10,16H,8-9H2,1-3H3. The van der Waals surface area contributed by atoms with E-state index in [9.17, 15) is 0 Å². The van der Waals surface area contributed by atoms with Gasteiger partial charge in [-0.2, -0.15) is 10.2 Å². The summed E-state index contributed by atoms with van der Waals surface area (Å²) in [5.74, 6) is 0. The lowest BCUT2D eigenvalue weighted by Gasteiger charge is -2.01. The third-order valence-corrected chi connectivity index (χ3v) is 3.56. The van der Waals surface area contributed by atoms with E-state index in [1.54, 1.807) is 0 Å². The van der Waals surface area contributed by atoms with Crippen LogP contribution in [-0.4, -0.2) is 19.6 Å². The summed E-state index contributed by atoms with van der Waals surface area (Å²) >= 11 is 0. The van der Waals surface area contributed by atoms with E-state index in [0.717, 1.165) is 24.5 Å². The average molecular weight is 269 g/mol. The van der Waals surface area contributed by atoms with Gasteiger partial charge in [-0.05, 0) is 13.0 Å². The molecule has 3 aromatic rings. The summed E-state index contributed by atoms with van der Waals surface area (Å²) in [6.45, 7) is 3.60. The molecule has 0 radical (unpaired) electrons. The van der Waals surface area contributed by atoms with Crippen molar-refractivity contribution in [3.63, 3.8) is 0 Å². The van der Waals surface area contributed by atoms with Crippen molar-refractivity contribution in [3.05, 3.63) is 47.4 Å². The minimum atomic E-state index is 0.760. The van der Waals surface area contributed by atoms with Crippen molar-refractivity contribution >= 4 is 10.9 Å². The van der Waals surface area contributed by atoms with E-state index in [4.69, 9.17) is 0 Å². The molecule has 0 atom stereocenters.